The molecule has 4 unspecified atom stereocenters. The van der Waals surface area contributed by atoms with Crippen LogP contribution in [-0.4, -0.2) is 56.4 Å². The van der Waals surface area contributed by atoms with E-state index in [2.05, 4.69) is 6.58 Å². The molecule has 0 amide bonds. The number of aliphatic hydroxyl groups excluding tert-OH is 3. The van der Waals surface area contributed by atoms with Crippen LogP contribution in [0.1, 0.15) is 27.7 Å². The second-order valence-electron chi connectivity index (χ2n) is 4.59. The molecule has 0 aliphatic heterocycles. The van der Waals surface area contributed by atoms with Gasteiger partial charge >= 0.3 is 5.97 Å². The van der Waals surface area contributed by atoms with Crippen LogP contribution in [0.2, 0.25) is 0 Å². The molecule has 0 rings (SSSR count). The summed E-state index contributed by atoms with van der Waals surface area (Å²) in [5.74, 6) is -0.819. The molecule has 6 heteroatoms. The molecule has 0 spiro atoms. The van der Waals surface area contributed by atoms with Crippen LogP contribution in [0.25, 0.3) is 0 Å². The van der Waals surface area contributed by atoms with Crippen molar-refractivity contribution in [2.24, 2.45) is 0 Å². The van der Waals surface area contributed by atoms with Crippen LogP contribution >= 0.6 is 0 Å². The zero-order valence-electron chi connectivity index (χ0n) is 11.1. The van der Waals surface area contributed by atoms with E-state index in [1.54, 1.807) is 0 Å². The van der Waals surface area contributed by atoms with Crippen LogP contribution < -0.4 is 0 Å². The minimum absolute atomic E-state index is 0.0826. The van der Waals surface area contributed by atoms with Crippen molar-refractivity contribution in [3.8, 4) is 0 Å². The molecule has 18 heavy (non-hydrogen) atoms. The number of rotatable bonds is 6. The van der Waals surface area contributed by atoms with Crippen molar-refractivity contribution < 1.29 is 30.0 Å². The Bertz CT molecular complexity index is 300. The van der Waals surface area contributed by atoms with E-state index in [4.69, 9.17) is 4.74 Å². The molecule has 0 aliphatic rings. The van der Waals surface area contributed by atoms with Crippen LogP contribution in [0.15, 0.2) is 12.2 Å². The average Bonchev–Trinajstić information content (AvgIpc) is 2.22. The highest BCUT2D eigenvalue weighted by Gasteiger charge is 2.50. The van der Waals surface area contributed by atoms with Gasteiger partial charge in [0.05, 0.1) is 18.3 Å². The lowest BCUT2D eigenvalue weighted by molar-refractivity contribution is -0.224. The maximum absolute atomic E-state index is 11.4. The molecule has 0 bridgehead atoms. The maximum atomic E-state index is 11.4. The van der Waals surface area contributed by atoms with E-state index >= 15 is 0 Å². The fraction of sp³-hybridized carbons (Fsp3) is 0.750. The maximum Gasteiger partial charge on any atom is 0.333 e. The lowest BCUT2D eigenvalue weighted by Crippen LogP contribution is -2.63. The van der Waals surface area contributed by atoms with Gasteiger partial charge in [-0.2, -0.15) is 0 Å². The minimum Gasteiger partial charge on any atom is -0.453 e. The molecule has 4 N–H and O–H groups in total. The summed E-state index contributed by atoms with van der Waals surface area (Å²) in [6.45, 7) is 8.53. The molecule has 0 aliphatic carbocycles. The van der Waals surface area contributed by atoms with Gasteiger partial charge in [-0.05, 0) is 27.7 Å². The zero-order valence-corrected chi connectivity index (χ0v) is 11.1. The number of carbonyl (C=O) groups is 1. The summed E-state index contributed by atoms with van der Waals surface area (Å²) in [5.41, 5.74) is -2.08. The van der Waals surface area contributed by atoms with Crippen LogP contribution in [0.5, 0.6) is 0 Å². The molecule has 6 nitrogen and oxygen atoms in total. The predicted molar refractivity (Wildman–Crippen MR) is 64.7 cm³/mol. The molecule has 0 aromatic heterocycles. The van der Waals surface area contributed by atoms with E-state index in [0.29, 0.717) is 0 Å². The van der Waals surface area contributed by atoms with Gasteiger partial charge < -0.3 is 25.2 Å². The molecule has 0 fully saturated rings. The molecule has 0 aromatic carbocycles. The Morgan fingerprint density at radius 3 is 1.78 bits per heavy atom. The zero-order chi connectivity index (χ0) is 14.7. The molecule has 0 radical (unpaired) electrons. The Morgan fingerprint density at radius 1 is 1.17 bits per heavy atom. The molecular weight excluding hydrogens is 240 g/mol. The first-order valence-corrected chi connectivity index (χ1v) is 5.68. The van der Waals surface area contributed by atoms with Gasteiger partial charge in [0, 0.05) is 5.57 Å². The van der Waals surface area contributed by atoms with Gasteiger partial charge in [-0.15, -0.1) is 0 Å². The van der Waals surface area contributed by atoms with E-state index in [-0.39, 0.29) is 5.57 Å². The largest absolute Gasteiger partial charge is 0.453 e. The normalized spacial score (nSPS) is 21.3. The van der Waals surface area contributed by atoms with Crippen molar-refractivity contribution in [3.05, 3.63) is 12.2 Å². The van der Waals surface area contributed by atoms with Crippen LogP contribution in [0.4, 0.5) is 0 Å². The summed E-state index contributed by atoms with van der Waals surface area (Å²) in [5, 5.41) is 39.0. The van der Waals surface area contributed by atoms with E-state index in [0.717, 1.165) is 0 Å². The first kappa shape index (κ1) is 17.1. The second kappa shape index (κ2) is 6.29. The number of aliphatic hydroxyl groups is 4. The number of carbonyl (C=O) groups excluding carboxylic acids is 1. The average molecular weight is 262 g/mol. The summed E-state index contributed by atoms with van der Waals surface area (Å²) < 4.78 is 4.90. The molecule has 0 heterocycles. The van der Waals surface area contributed by atoms with Gasteiger partial charge in [-0.25, -0.2) is 4.79 Å². The van der Waals surface area contributed by atoms with Gasteiger partial charge in [0.1, 0.15) is 0 Å². The molecule has 4 atom stereocenters. The smallest absolute Gasteiger partial charge is 0.333 e. The summed E-state index contributed by atoms with van der Waals surface area (Å²) in [6, 6.07) is 0. The van der Waals surface area contributed by atoms with Gasteiger partial charge in [0.25, 0.3) is 0 Å². The first-order valence-electron chi connectivity index (χ1n) is 5.68. The minimum atomic E-state index is -2.17. The lowest BCUT2D eigenvalue weighted by Gasteiger charge is -2.41. The van der Waals surface area contributed by atoms with E-state index < -0.39 is 36.0 Å². The van der Waals surface area contributed by atoms with Crippen molar-refractivity contribution >= 4 is 5.97 Å². The number of hydrogen-bond donors (Lipinski definition) is 4. The van der Waals surface area contributed by atoms with Crippen LogP contribution in [-0.2, 0) is 9.53 Å². The fourth-order valence-electron chi connectivity index (χ4n) is 1.62. The Hall–Kier alpha value is -0.950. The molecular formula is C12H22O6. The summed E-state index contributed by atoms with van der Waals surface area (Å²) in [6.07, 6.45) is -5.56. The molecule has 0 aromatic rings. The van der Waals surface area contributed by atoms with E-state index in [1.807, 2.05) is 0 Å². The fourth-order valence-corrected chi connectivity index (χ4v) is 1.62. The summed E-state index contributed by atoms with van der Waals surface area (Å²) >= 11 is 0. The Kier molecular flexibility index (Phi) is 5.95. The third-order valence-corrected chi connectivity index (χ3v) is 2.81. The van der Waals surface area contributed by atoms with Crippen molar-refractivity contribution in [1.82, 2.24) is 0 Å². The van der Waals surface area contributed by atoms with E-state index in [1.165, 1.54) is 27.7 Å². The van der Waals surface area contributed by atoms with Crippen molar-refractivity contribution in [2.45, 2.75) is 57.7 Å². The second-order valence-corrected chi connectivity index (χ2v) is 4.59. The highest BCUT2D eigenvalue weighted by Crippen LogP contribution is 2.26. The number of hydrogen-bond acceptors (Lipinski definition) is 6. The van der Waals surface area contributed by atoms with Crippen molar-refractivity contribution in [2.75, 3.05) is 0 Å². The molecule has 0 saturated carbocycles. The van der Waals surface area contributed by atoms with Crippen LogP contribution in [0.3, 0.4) is 0 Å². The highest BCUT2D eigenvalue weighted by molar-refractivity contribution is 5.87. The third-order valence-electron chi connectivity index (χ3n) is 2.81. The third kappa shape index (κ3) is 3.52. The quantitative estimate of drug-likeness (QED) is 0.374. The number of esters is 1. The summed E-state index contributed by atoms with van der Waals surface area (Å²) in [7, 11) is 0. The monoisotopic (exact) mass is 262 g/mol. The lowest BCUT2D eigenvalue weighted by atomic mass is 9.83. The predicted octanol–water partition coefficient (Wildman–Crippen LogP) is -0.652. The Balaban J connectivity index is 5.31. The van der Waals surface area contributed by atoms with E-state index in [9.17, 15) is 25.2 Å². The Labute approximate surface area is 107 Å². The van der Waals surface area contributed by atoms with Gasteiger partial charge in [-0.3, -0.25) is 0 Å². The summed E-state index contributed by atoms with van der Waals surface area (Å²) in [4.78, 5) is 11.4. The van der Waals surface area contributed by atoms with Crippen molar-refractivity contribution in [1.29, 1.82) is 0 Å². The van der Waals surface area contributed by atoms with Gasteiger partial charge in [0.2, 0.25) is 0 Å². The molecule has 0 saturated heterocycles. The van der Waals surface area contributed by atoms with Gasteiger partial charge in [-0.1, -0.05) is 6.58 Å². The standard InChI is InChI=1S/C12H22O6/c1-6(2)11(16)18-10(7(3)13)12(17,8(4)14)9(5)15/h7-10,13-15,17H,1H2,2-5H3. The number of ether oxygens (including phenoxy) is 1. The molecule has 106 valence electrons. The van der Waals surface area contributed by atoms with Gasteiger partial charge in [0.15, 0.2) is 11.7 Å². The topological polar surface area (TPSA) is 107 Å². The van der Waals surface area contributed by atoms with Crippen LogP contribution in [0, 0.1) is 0 Å². The Morgan fingerprint density at radius 2 is 1.56 bits per heavy atom. The SMILES string of the molecule is C=C(C)C(=O)OC(C(C)O)C(O)(C(C)O)C(C)O. The van der Waals surface area contributed by atoms with Crippen molar-refractivity contribution in [3.63, 3.8) is 0 Å². The highest BCUT2D eigenvalue weighted by atomic mass is 16.6. The first-order chi connectivity index (χ1) is 8.05.